The second-order valence-electron chi connectivity index (χ2n) is 8.08. The molecule has 6 heteroatoms. The topological polar surface area (TPSA) is 34.1 Å². The lowest BCUT2D eigenvalue weighted by atomic mass is 9.53. The summed E-state index contributed by atoms with van der Waals surface area (Å²) in [6.45, 7) is 7.56. The van der Waals surface area contributed by atoms with E-state index >= 15 is 0 Å². The Kier molecular flexibility index (Phi) is 6.72. The summed E-state index contributed by atoms with van der Waals surface area (Å²) in [6.07, 6.45) is 10.1. The van der Waals surface area contributed by atoms with Gasteiger partial charge in [0.15, 0.2) is 8.32 Å². The molecule has 2 aliphatic carbocycles. The van der Waals surface area contributed by atoms with Gasteiger partial charge in [0.25, 0.3) is 0 Å². The monoisotopic (exact) mass is 414 g/mol. The number of aromatic nitrogens is 1. The Labute approximate surface area is 169 Å². The quantitative estimate of drug-likeness (QED) is 0.476. The highest BCUT2D eigenvalue weighted by Gasteiger charge is 2.50. The third kappa shape index (κ3) is 3.86. The van der Waals surface area contributed by atoms with Crippen LogP contribution in [0.2, 0.25) is 28.2 Å². The van der Waals surface area contributed by atoms with Crippen LogP contribution in [0.5, 0.6) is 0 Å². The van der Waals surface area contributed by atoms with Gasteiger partial charge in [-0.05, 0) is 49.2 Å². The minimum absolute atomic E-state index is 0.0951. The fourth-order valence-corrected chi connectivity index (χ4v) is 8.14. The Bertz CT molecular complexity index is 586. The minimum atomic E-state index is -1.78. The van der Waals surface area contributed by atoms with E-state index < -0.39 is 8.32 Å². The molecule has 0 amide bonds. The number of hydrogen-bond donors (Lipinski definition) is 1. The van der Waals surface area contributed by atoms with Crippen molar-refractivity contribution < 1.29 is 4.43 Å². The molecule has 1 spiro atoms. The lowest BCUT2D eigenvalue weighted by Gasteiger charge is -2.56. The summed E-state index contributed by atoms with van der Waals surface area (Å²) in [5.41, 5.74) is 1.48. The highest BCUT2D eigenvalue weighted by atomic mass is 35.5. The summed E-state index contributed by atoms with van der Waals surface area (Å²) >= 11 is 13.0. The Morgan fingerprint density at radius 3 is 2.19 bits per heavy atom. The zero-order chi connectivity index (χ0) is 18.8. The lowest BCUT2D eigenvalue weighted by molar-refractivity contribution is -0.0216. The van der Waals surface area contributed by atoms with E-state index in [4.69, 9.17) is 27.6 Å². The second-order valence-corrected chi connectivity index (χ2v) is 13.6. The predicted molar refractivity (Wildman–Crippen MR) is 113 cm³/mol. The summed E-state index contributed by atoms with van der Waals surface area (Å²) in [6, 6.07) is 3.97. The summed E-state index contributed by atoms with van der Waals surface area (Å²) in [5, 5.41) is 5.05. The minimum Gasteiger partial charge on any atom is -0.409 e. The molecule has 0 radical (unpaired) electrons. The average molecular weight is 415 g/mol. The maximum Gasteiger partial charge on any atom is 0.192 e. The Hall–Kier alpha value is -0.133. The van der Waals surface area contributed by atoms with Crippen LogP contribution >= 0.6 is 23.2 Å². The molecule has 2 atom stereocenters. The molecule has 2 saturated carbocycles. The van der Waals surface area contributed by atoms with E-state index in [1.807, 2.05) is 0 Å². The van der Waals surface area contributed by atoms with Crippen molar-refractivity contribution >= 4 is 31.5 Å². The molecule has 2 fully saturated rings. The first-order chi connectivity index (χ1) is 12.5. The third-order valence-electron chi connectivity index (χ3n) is 7.11. The van der Waals surface area contributed by atoms with Crippen molar-refractivity contribution in [2.24, 2.45) is 5.41 Å². The van der Waals surface area contributed by atoms with Crippen LogP contribution in [-0.2, 0) is 4.43 Å². The number of halogens is 2. The molecule has 0 aliphatic heterocycles. The van der Waals surface area contributed by atoms with Crippen LogP contribution in [0.25, 0.3) is 0 Å². The van der Waals surface area contributed by atoms with E-state index in [2.05, 4.69) is 31.1 Å². The normalized spacial score (nSPS) is 22.7. The molecule has 1 N–H and O–H groups in total. The van der Waals surface area contributed by atoms with E-state index in [-0.39, 0.29) is 6.10 Å². The van der Waals surface area contributed by atoms with Gasteiger partial charge >= 0.3 is 0 Å². The first kappa shape index (κ1) is 20.6. The van der Waals surface area contributed by atoms with Crippen LogP contribution in [0.15, 0.2) is 12.4 Å². The predicted octanol–water partition coefficient (Wildman–Crippen LogP) is 6.37. The highest BCUT2D eigenvalue weighted by molar-refractivity contribution is 6.73. The molecule has 0 saturated heterocycles. The standard InChI is InChI=1S/C20H32Cl2N2OSi/c1-4-26(5-2,6-3)25-17(19-15(21)12-23-13-16(19)22)14-24-18-8-11-20(18)9-7-10-20/h12-13,17-18,24H,4-11,14H2,1-3H3. The number of nitrogens with zero attached hydrogens (tertiary/aromatic N) is 1. The molecular formula is C20H32Cl2N2OSi. The molecule has 3 rings (SSSR count). The lowest BCUT2D eigenvalue weighted by Crippen LogP contribution is -2.57. The largest absolute Gasteiger partial charge is 0.409 e. The molecule has 146 valence electrons. The van der Waals surface area contributed by atoms with Crippen LogP contribution in [-0.4, -0.2) is 25.9 Å². The van der Waals surface area contributed by atoms with Gasteiger partial charge < -0.3 is 9.74 Å². The number of rotatable bonds is 9. The zero-order valence-electron chi connectivity index (χ0n) is 16.3. The average Bonchev–Trinajstić information content (AvgIpc) is 2.57. The number of pyridine rings is 1. The molecular weight excluding hydrogens is 383 g/mol. The van der Waals surface area contributed by atoms with Gasteiger partial charge in [0.1, 0.15) is 0 Å². The van der Waals surface area contributed by atoms with Crippen LogP contribution in [0.1, 0.15) is 64.5 Å². The van der Waals surface area contributed by atoms with E-state index in [1.165, 1.54) is 32.1 Å². The molecule has 2 aliphatic rings. The summed E-state index contributed by atoms with van der Waals surface area (Å²) in [4.78, 5) is 4.12. The van der Waals surface area contributed by atoms with E-state index in [0.29, 0.717) is 21.5 Å². The van der Waals surface area contributed by atoms with Crippen molar-refractivity contribution in [2.45, 2.75) is 83.2 Å². The van der Waals surface area contributed by atoms with Crippen molar-refractivity contribution in [3.8, 4) is 0 Å². The Morgan fingerprint density at radius 1 is 1.15 bits per heavy atom. The highest BCUT2D eigenvalue weighted by Crippen LogP contribution is 2.56. The smallest absolute Gasteiger partial charge is 0.192 e. The van der Waals surface area contributed by atoms with E-state index in [0.717, 1.165) is 30.2 Å². The Morgan fingerprint density at radius 2 is 1.77 bits per heavy atom. The van der Waals surface area contributed by atoms with Gasteiger partial charge in [0.05, 0.1) is 16.1 Å². The van der Waals surface area contributed by atoms with Gasteiger partial charge in [-0.25, -0.2) is 0 Å². The van der Waals surface area contributed by atoms with Crippen molar-refractivity contribution in [3.63, 3.8) is 0 Å². The van der Waals surface area contributed by atoms with Crippen LogP contribution < -0.4 is 5.32 Å². The number of hydrogen-bond acceptors (Lipinski definition) is 3. The van der Waals surface area contributed by atoms with Gasteiger partial charge in [-0.3, -0.25) is 4.98 Å². The molecule has 26 heavy (non-hydrogen) atoms. The molecule has 1 heterocycles. The molecule has 1 aromatic rings. The van der Waals surface area contributed by atoms with E-state index in [1.54, 1.807) is 12.4 Å². The van der Waals surface area contributed by atoms with Gasteiger partial charge in [-0.1, -0.05) is 50.4 Å². The number of nitrogens with one attached hydrogen (secondary N) is 1. The zero-order valence-corrected chi connectivity index (χ0v) is 18.8. The van der Waals surface area contributed by atoms with Crippen LogP contribution in [0, 0.1) is 5.41 Å². The summed E-state index contributed by atoms with van der Waals surface area (Å²) in [5.74, 6) is 0. The molecule has 3 nitrogen and oxygen atoms in total. The van der Waals surface area contributed by atoms with Crippen LogP contribution in [0.4, 0.5) is 0 Å². The van der Waals surface area contributed by atoms with Crippen molar-refractivity contribution in [1.29, 1.82) is 0 Å². The first-order valence-electron chi connectivity index (χ1n) is 10.2. The summed E-state index contributed by atoms with van der Waals surface area (Å²) < 4.78 is 6.85. The second kappa shape index (κ2) is 8.48. The molecule has 0 aromatic carbocycles. The van der Waals surface area contributed by atoms with Gasteiger partial charge in [-0.2, -0.15) is 0 Å². The fraction of sp³-hybridized carbons (Fsp3) is 0.750. The molecule has 0 bridgehead atoms. The Balaban J connectivity index is 1.79. The fourth-order valence-electron chi connectivity index (χ4n) is 4.73. The van der Waals surface area contributed by atoms with Gasteiger partial charge in [0, 0.05) is 30.5 Å². The summed E-state index contributed by atoms with van der Waals surface area (Å²) in [7, 11) is -1.78. The van der Waals surface area contributed by atoms with Crippen LogP contribution in [0.3, 0.4) is 0 Å². The van der Waals surface area contributed by atoms with Gasteiger partial charge in [-0.15, -0.1) is 0 Å². The molecule has 1 aromatic heterocycles. The maximum absolute atomic E-state index is 6.85. The van der Waals surface area contributed by atoms with Gasteiger partial charge in [0.2, 0.25) is 0 Å². The first-order valence-corrected chi connectivity index (χ1v) is 13.5. The maximum atomic E-state index is 6.85. The third-order valence-corrected chi connectivity index (χ3v) is 12.4. The SMILES string of the molecule is CC[Si](CC)(CC)OC(CNC1CCC12CCC2)c1c(Cl)cncc1Cl. The van der Waals surface area contributed by atoms with Crippen molar-refractivity contribution in [2.75, 3.05) is 6.54 Å². The van der Waals surface area contributed by atoms with Crippen molar-refractivity contribution in [1.82, 2.24) is 10.3 Å². The molecule has 2 unspecified atom stereocenters. The van der Waals surface area contributed by atoms with E-state index in [9.17, 15) is 0 Å². The van der Waals surface area contributed by atoms with Crippen molar-refractivity contribution in [3.05, 3.63) is 28.0 Å².